The van der Waals surface area contributed by atoms with E-state index in [0.717, 1.165) is 13.1 Å². The Balaban J connectivity index is 2.15. The molecule has 17 heavy (non-hydrogen) atoms. The molecule has 0 bridgehead atoms. The molecule has 2 nitrogen and oxygen atoms in total. The molecule has 1 N–H and O–H groups in total. The number of morpholine rings is 1. The van der Waals surface area contributed by atoms with Crippen molar-refractivity contribution < 1.29 is 4.74 Å². The zero-order valence-corrected chi connectivity index (χ0v) is 12.2. The van der Waals surface area contributed by atoms with Gasteiger partial charge in [0, 0.05) is 13.1 Å². The summed E-state index contributed by atoms with van der Waals surface area (Å²) in [5.41, 5.74) is 0.542. The molecule has 1 aliphatic carbocycles. The van der Waals surface area contributed by atoms with Gasteiger partial charge in [-0.25, -0.2) is 0 Å². The van der Waals surface area contributed by atoms with Crippen LogP contribution in [0.25, 0.3) is 0 Å². The fourth-order valence-electron chi connectivity index (χ4n) is 3.60. The lowest BCUT2D eigenvalue weighted by Crippen LogP contribution is -2.63. The van der Waals surface area contributed by atoms with Gasteiger partial charge in [-0.15, -0.1) is 0 Å². The highest BCUT2D eigenvalue weighted by Gasteiger charge is 2.48. The van der Waals surface area contributed by atoms with E-state index in [2.05, 4.69) is 39.9 Å². The molecule has 0 amide bonds. The van der Waals surface area contributed by atoms with Crippen LogP contribution in [0, 0.1) is 11.3 Å². The van der Waals surface area contributed by atoms with Crippen LogP contribution in [0.5, 0.6) is 0 Å². The van der Waals surface area contributed by atoms with E-state index >= 15 is 0 Å². The second kappa shape index (κ2) is 4.24. The third-order valence-electron chi connectivity index (χ3n) is 4.88. The average molecular weight is 239 g/mol. The van der Waals surface area contributed by atoms with Gasteiger partial charge >= 0.3 is 0 Å². The zero-order chi connectivity index (χ0) is 12.7. The summed E-state index contributed by atoms with van der Waals surface area (Å²) < 4.78 is 6.64. The number of hydrogen-bond acceptors (Lipinski definition) is 2. The van der Waals surface area contributed by atoms with Gasteiger partial charge < -0.3 is 10.1 Å². The first-order valence-electron chi connectivity index (χ1n) is 7.18. The summed E-state index contributed by atoms with van der Waals surface area (Å²) in [5, 5.41) is 3.63. The molecule has 0 radical (unpaired) electrons. The van der Waals surface area contributed by atoms with Crippen molar-refractivity contribution in [2.45, 2.75) is 71.5 Å². The van der Waals surface area contributed by atoms with Gasteiger partial charge in [0.2, 0.25) is 0 Å². The van der Waals surface area contributed by atoms with Crippen LogP contribution < -0.4 is 5.32 Å². The molecule has 1 spiro atoms. The van der Waals surface area contributed by atoms with Gasteiger partial charge in [0.05, 0.1) is 11.2 Å². The largest absolute Gasteiger partial charge is 0.366 e. The second-order valence-corrected chi connectivity index (χ2v) is 7.55. The molecule has 0 aromatic rings. The minimum absolute atomic E-state index is 0.00562. The van der Waals surface area contributed by atoms with Crippen molar-refractivity contribution >= 4 is 0 Å². The predicted molar refractivity (Wildman–Crippen MR) is 72.2 cm³/mol. The smallest absolute Gasteiger partial charge is 0.0819 e. The molecule has 1 saturated carbocycles. The third kappa shape index (κ3) is 2.68. The van der Waals surface area contributed by atoms with E-state index in [1.165, 1.54) is 25.7 Å². The van der Waals surface area contributed by atoms with Gasteiger partial charge in [-0.3, -0.25) is 0 Å². The molecular weight excluding hydrogens is 210 g/mol. The van der Waals surface area contributed by atoms with Gasteiger partial charge in [-0.2, -0.15) is 0 Å². The monoisotopic (exact) mass is 239 g/mol. The van der Waals surface area contributed by atoms with E-state index < -0.39 is 0 Å². The van der Waals surface area contributed by atoms with E-state index in [0.29, 0.717) is 11.3 Å². The number of hydrogen-bond donors (Lipinski definition) is 1. The topological polar surface area (TPSA) is 21.3 Å². The number of nitrogens with one attached hydrogen (secondary N) is 1. The lowest BCUT2D eigenvalue weighted by Gasteiger charge is -2.54. The Bertz CT molecular complexity index is 283. The first-order valence-corrected chi connectivity index (χ1v) is 7.18. The minimum atomic E-state index is 0.00562. The molecule has 0 aromatic carbocycles. The maximum atomic E-state index is 6.64. The molecule has 1 heterocycles. The fourth-order valence-corrected chi connectivity index (χ4v) is 3.60. The van der Waals surface area contributed by atoms with Crippen LogP contribution in [-0.4, -0.2) is 24.3 Å². The second-order valence-electron chi connectivity index (χ2n) is 7.55. The maximum absolute atomic E-state index is 6.64. The first-order chi connectivity index (χ1) is 7.77. The van der Waals surface area contributed by atoms with Gasteiger partial charge in [0.25, 0.3) is 0 Å². The molecule has 2 aliphatic rings. The van der Waals surface area contributed by atoms with E-state index in [1.54, 1.807) is 0 Å². The lowest BCUT2D eigenvalue weighted by atomic mass is 9.68. The lowest BCUT2D eigenvalue weighted by molar-refractivity contribution is -0.212. The Morgan fingerprint density at radius 1 is 1.06 bits per heavy atom. The minimum Gasteiger partial charge on any atom is -0.366 e. The number of ether oxygens (including phenoxy) is 1. The summed E-state index contributed by atoms with van der Waals surface area (Å²) in [7, 11) is 0. The highest BCUT2D eigenvalue weighted by Crippen LogP contribution is 2.46. The van der Waals surface area contributed by atoms with Gasteiger partial charge in [0.15, 0.2) is 0 Å². The van der Waals surface area contributed by atoms with Crippen molar-refractivity contribution in [2.75, 3.05) is 13.1 Å². The van der Waals surface area contributed by atoms with Gasteiger partial charge in [-0.1, -0.05) is 27.7 Å². The van der Waals surface area contributed by atoms with Crippen LogP contribution in [0.2, 0.25) is 0 Å². The molecule has 2 fully saturated rings. The van der Waals surface area contributed by atoms with E-state index in [1.807, 2.05) is 0 Å². The van der Waals surface area contributed by atoms with Gasteiger partial charge in [0.1, 0.15) is 0 Å². The van der Waals surface area contributed by atoms with E-state index in [9.17, 15) is 0 Å². The van der Waals surface area contributed by atoms with Gasteiger partial charge in [-0.05, 0) is 43.9 Å². The predicted octanol–water partition coefficient (Wildman–Crippen LogP) is 3.36. The molecule has 2 unspecified atom stereocenters. The highest BCUT2D eigenvalue weighted by molar-refractivity contribution is 5.00. The SMILES string of the molecule is CC(C)C1(C)CNCC2(CCCC(C)(C)C2)O1. The third-order valence-corrected chi connectivity index (χ3v) is 4.88. The number of rotatable bonds is 1. The molecule has 1 aliphatic heterocycles. The van der Waals surface area contributed by atoms with Crippen LogP contribution in [-0.2, 0) is 4.74 Å². The van der Waals surface area contributed by atoms with Crippen molar-refractivity contribution in [1.82, 2.24) is 5.32 Å². The first kappa shape index (κ1) is 13.4. The summed E-state index contributed by atoms with van der Waals surface area (Å²) in [6, 6.07) is 0. The molecule has 2 heteroatoms. The van der Waals surface area contributed by atoms with Crippen LogP contribution in [0.3, 0.4) is 0 Å². The Kier molecular flexibility index (Phi) is 3.33. The average Bonchev–Trinajstić information content (AvgIpc) is 2.14. The molecule has 100 valence electrons. The van der Waals surface area contributed by atoms with Crippen molar-refractivity contribution in [1.29, 1.82) is 0 Å². The van der Waals surface area contributed by atoms with Crippen LogP contribution in [0.4, 0.5) is 0 Å². The Hall–Kier alpha value is -0.0800. The molecule has 2 rings (SSSR count). The Labute approximate surface area is 107 Å². The normalized spacial score (nSPS) is 42.0. The van der Waals surface area contributed by atoms with Crippen LogP contribution >= 0.6 is 0 Å². The van der Waals surface area contributed by atoms with Crippen molar-refractivity contribution in [3.05, 3.63) is 0 Å². The van der Waals surface area contributed by atoms with E-state index in [4.69, 9.17) is 4.74 Å². The Morgan fingerprint density at radius 3 is 2.35 bits per heavy atom. The maximum Gasteiger partial charge on any atom is 0.0819 e. The Morgan fingerprint density at radius 2 is 1.76 bits per heavy atom. The van der Waals surface area contributed by atoms with Crippen LogP contribution in [0.15, 0.2) is 0 Å². The standard InChI is InChI=1S/C15H29NO/c1-12(2)14(5)10-16-11-15(17-14)8-6-7-13(3,4)9-15/h12,16H,6-11H2,1-5H3. The summed E-state index contributed by atoms with van der Waals surface area (Å²) in [4.78, 5) is 0. The van der Waals surface area contributed by atoms with Crippen LogP contribution in [0.1, 0.15) is 60.3 Å². The quantitative estimate of drug-likeness (QED) is 0.757. The van der Waals surface area contributed by atoms with Crippen molar-refractivity contribution in [2.24, 2.45) is 11.3 Å². The molecule has 2 atom stereocenters. The highest BCUT2D eigenvalue weighted by atomic mass is 16.5. The summed E-state index contributed by atoms with van der Waals surface area (Å²) in [6.07, 6.45) is 5.08. The fraction of sp³-hybridized carbons (Fsp3) is 1.00. The van der Waals surface area contributed by atoms with Crippen molar-refractivity contribution in [3.63, 3.8) is 0 Å². The van der Waals surface area contributed by atoms with Crippen molar-refractivity contribution in [3.8, 4) is 0 Å². The summed E-state index contributed by atoms with van der Waals surface area (Å²) in [6.45, 7) is 13.6. The van der Waals surface area contributed by atoms with E-state index in [-0.39, 0.29) is 11.2 Å². The summed E-state index contributed by atoms with van der Waals surface area (Å²) in [5.74, 6) is 0.567. The zero-order valence-electron chi connectivity index (χ0n) is 12.2. The molecule has 0 aromatic heterocycles. The molecule has 1 saturated heterocycles. The summed E-state index contributed by atoms with van der Waals surface area (Å²) >= 11 is 0. The molecular formula is C15H29NO.